The number of thiazole rings is 1. The topological polar surface area (TPSA) is 195 Å². The molecule has 5 N–H and O–H groups in total. The minimum atomic E-state index is -0.892. The highest BCUT2D eigenvalue weighted by Crippen LogP contribution is 2.55. The Bertz CT molecular complexity index is 2360. The molecule has 1 aliphatic carbocycles. The third-order valence-corrected chi connectivity index (χ3v) is 13.9. The van der Waals surface area contributed by atoms with Gasteiger partial charge in [0.15, 0.2) is 0 Å². The Balaban J connectivity index is 0.864. The minimum Gasteiger partial charge on any atom is -0.489 e. The van der Waals surface area contributed by atoms with E-state index in [1.807, 2.05) is 62.7 Å². The number of likely N-dealkylation sites (tertiary alicyclic amines) is 1. The first-order chi connectivity index (χ1) is 31.4. The van der Waals surface area contributed by atoms with Gasteiger partial charge in [-0.05, 0) is 79.6 Å². The van der Waals surface area contributed by atoms with Crippen LogP contribution >= 0.6 is 22.9 Å². The van der Waals surface area contributed by atoms with Crippen LogP contribution in [0.5, 0.6) is 5.75 Å². The van der Waals surface area contributed by atoms with Crippen molar-refractivity contribution >= 4 is 52.3 Å². The van der Waals surface area contributed by atoms with E-state index >= 15 is 0 Å². The Labute approximate surface area is 396 Å². The van der Waals surface area contributed by atoms with Crippen LogP contribution in [0.25, 0.3) is 10.4 Å². The molecule has 3 atom stereocenters. The number of rotatable bonds is 20. The molecule has 66 heavy (non-hydrogen) atoms. The summed E-state index contributed by atoms with van der Waals surface area (Å²) < 4.78 is 12.0. The lowest BCUT2D eigenvalue weighted by Gasteiger charge is -2.63. The molecule has 2 fully saturated rings. The monoisotopic (exact) mass is 939 g/mol. The summed E-state index contributed by atoms with van der Waals surface area (Å²) in [6.07, 6.45) is 1.51. The summed E-state index contributed by atoms with van der Waals surface area (Å²) >= 11 is 7.81. The third-order valence-electron chi connectivity index (χ3n) is 12.6. The number of amides is 4. The van der Waals surface area contributed by atoms with E-state index in [4.69, 9.17) is 21.1 Å². The lowest BCUT2D eigenvalue weighted by Crippen LogP contribution is -2.74. The maximum absolute atomic E-state index is 13.8. The number of ether oxygens (including phenoxy) is 2. The molecule has 1 saturated heterocycles. The number of aliphatic hydroxyl groups excluding tert-OH is 1. The van der Waals surface area contributed by atoms with Gasteiger partial charge in [-0.25, -0.2) is 4.98 Å². The summed E-state index contributed by atoms with van der Waals surface area (Å²) in [7, 11) is 0. The number of aromatic nitrogens is 1. The molecule has 3 aromatic carbocycles. The van der Waals surface area contributed by atoms with E-state index in [-0.39, 0.29) is 66.8 Å². The smallest absolute Gasteiger partial charge is 0.251 e. The van der Waals surface area contributed by atoms with Crippen molar-refractivity contribution in [2.24, 2.45) is 16.7 Å². The molecular weight excluding hydrogens is 878 g/mol. The zero-order valence-corrected chi connectivity index (χ0v) is 40.4. The summed E-state index contributed by atoms with van der Waals surface area (Å²) in [5, 5.41) is 32.4. The van der Waals surface area contributed by atoms with E-state index in [0.717, 1.165) is 46.6 Å². The molecule has 0 radical (unpaired) electrons. The number of carbonyl (C=O) groups excluding carboxylic acids is 4. The van der Waals surface area contributed by atoms with Crippen LogP contribution < -0.4 is 26.0 Å². The molecular formula is C50H62ClN7O7S. The van der Waals surface area contributed by atoms with Gasteiger partial charge >= 0.3 is 0 Å². The first-order valence-electron chi connectivity index (χ1n) is 22.5. The van der Waals surface area contributed by atoms with Crippen LogP contribution in [0.1, 0.15) is 94.4 Å². The van der Waals surface area contributed by atoms with Crippen molar-refractivity contribution in [2.75, 3.05) is 31.6 Å². The molecule has 1 aliphatic heterocycles. The van der Waals surface area contributed by atoms with Crippen LogP contribution in [-0.4, -0.2) is 95.3 Å². The Morgan fingerprint density at radius 3 is 2.35 bits per heavy atom. The third kappa shape index (κ3) is 11.9. The molecule has 16 heteroatoms. The Hall–Kier alpha value is -5.53. The summed E-state index contributed by atoms with van der Waals surface area (Å²) in [5.41, 5.74) is 5.82. The van der Waals surface area contributed by atoms with Crippen LogP contribution in [0.3, 0.4) is 0 Å². The average Bonchev–Trinajstić information content (AvgIpc) is 3.91. The van der Waals surface area contributed by atoms with Crippen molar-refractivity contribution in [2.45, 2.75) is 111 Å². The van der Waals surface area contributed by atoms with Gasteiger partial charge in [0.25, 0.3) is 5.91 Å². The molecule has 6 rings (SSSR count). The van der Waals surface area contributed by atoms with Gasteiger partial charge in [-0.1, -0.05) is 77.4 Å². The fourth-order valence-corrected chi connectivity index (χ4v) is 10.4. The highest BCUT2D eigenvalue weighted by molar-refractivity contribution is 7.13. The van der Waals surface area contributed by atoms with E-state index in [2.05, 4.69) is 60.0 Å². The van der Waals surface area contributed by atoms with Gasteiger partial charge in [0, 0.05) is 66.9 Å². The Kier molecular flexibility index (Phi) is 16.5. The molecule has 4 aromatic rings. The van der Waals surface area contributed by atoms with Crippen LogP contribution in [0.4, 0.5) is 5.69 Å². The number of hydrogen-bond acceptors (Lipinski definition) is 11. The van der Waals surface area contributed by atoms with Crippen LogP contribution in [-0.2, 0) is 25.7 Å². The predicted molar refractivity (Wildman–Crippen MR) is 256 cm³/mol. The van der Waals surface area contributed by atoms with Gasteiger partial charge in [0.05, 0.1) is 32.8 Å². The number of nitriles is 1. The number of anilines is 1. The van der Waals surface area contributed by atoms with Crippen molar-refractivity contribution in [1.29, 1.82) is 5.26 Å². The zero-order chi connectivity index (χ0) is 47.8. The van der Waals surface area contributed by atoms with Crippen molar-refractivity contribution in [3.63, 3.8) is 0 Å². The van der Waals surface area contributed by atoms with Gasteiger partial charge < -0.3 is 40.7 Å². The minimum absolute atomic E-state index is 0.00264. The molecule has 1 aromatic heterocycles. The average molecular weight is 941 g/mol. The summed E-state index contributed by atoms with van der Waals surface area (Å²) in [6, 6.07) is 20.4. The summed E-state index contributed by atoms with van der Waals surface area (Å²) in [6.45, 7) is 15.0. The highest BCUT2D eigenvalue weighted by Gasteiger charge is 2.64. The lowest BCUT2D eigenvalue weighted by molar-refractivity contribution is -0.164. The van der Waals surface area contributed by atoms with Crippen molar-refractivity contribution in [3.05, 3.63) is 99.6 Å². The lowest BCUT2D eigenvalue weighted by atomic mass is 9.49. The second-order valence-electron chi connectivity index (χ2n) is 18.8. The van der Waals surface area contributed by atoms with Crippen LogP contribution in [0.15, 0.2) is 72.2 Å². The SMILES string of the molecule is Cc1ncsc1-c1ccc(CNC(=O)[C@@H]2C[C@@H](O)CN2C(=O)C(NC(=O)COCCCCCNc2ccc(C(=O)NC3C(C)(C)C(Oc4ccc(C#N)c(Cl)c4)C3(C)C)cc2)C(C)C)cc1. The normalized spacial score (nSPS) is 19.9. The van der Waals surface area contributed by atoms with Crippen LogP contribution in [0, 0.1) is 35.0 Å². The summed E-state index contributed by atoms with van der Waals surface area (Å²) in [4.78, 5) is 60.2. The standard InChI is InChI=1S/C50H62ClN7O7S/c1-30(2)42(46(63)58-27-37(59)23-40(58)45(62)54-26-32-11-13-33(14-12-32)43-31(3)55-29-66-43)56-41(60)28-64-22-10-8-9-21-53-36-18-15-34(16-19-36)44(61)57-47-49(4,5)48(50(47,6)7)65-38-20-17-35(25-52)39(51)24-38/h11-20,24,29-30,37,40,42,47-48,53,59H,8-10,21-23,26-28H2,1-7H3,(H,54,62)(H,56,60)(H,57,61)/t37-,40+,42?,47?,48?/m1/s1. The molecule has 0 bridgehead atoms. The molecule has 1 unspecified atom stereocenters. The van der Waals surface area contributed by atoms with E-state index in [0.29, 0.717) is 35.1 Å². The molecule has 14 nitrogen and oxygen atoms in total. The molecule has 2 heterocycles. The number of halogens is 1. The van der Waals surface area contributed by atoms with Crippen LogP contribution in [0.2, 0.25) is 5.02 Å². The molecule has 1 saturated carbocycles. The quantitative estimate of drug-likeness (QED) is 0.0563. The number of benzene rings is 3. The van der Waals surface area contributed by atoms with Crippen molar-refractivity contribution in [3.8, 4) is 22.3 Å². The number of unbranched alkanes of at least 4 members (excludes halogenated alkanes) is 2. The maximum Gasteiger partial charge on any atom is 0.251 e. The second kappa shape index (κ2) is 21.8. The maximum atomic E-state index is 13.8. The highest BCUT2D eigenvalue weighted by atomic mass is 35.5. The number of hydrogen-bond donors (Lipinski definition) is 5. The first-order valence-corrected chi connectivity index (χ1v) is 23.8. The second-order valence-corrected chi connectivity index (χ2v) is 20.0. The number of nitrogens with one attached hydrogen (secondary N) is 4. The van der Waals surface area contributed by atoms with Gasteiger partial charge in [-0.2, -0.15) is 5.26 Å². The number of aryl methyl sites for hydroxylation is 1. The fourth-order valence-electron chi connectivity index (χ4n) is 9.33. The Morgan fingerprint density at radius 1 is 1.00 bits per heavy atom. The van der Waals surface area contributed by atoms with E-state index in [1.165, 1.54) is 4.90 Å². The van der Waals surface area contributed by atoms with Gasteiger partial charge in [0.2, 0.25) is 17.7 Å². The number of carbonyl (C=O) groups is 4. The first kappa shape index (κ1) is 49.9. The molecule has 4 amide bonds. The van der Waals surface area contributed by atoms with Gasteiger partial charge in [-0.15, -0.1) is 11.3 Å². The molecule has 0 spiro atoms. The summed E-state index contributed by atoms with van der Waals surface area (Å²) in [5.74, 6) is -1.06. The predicted octanol–water partition coefficient (Wildman–Crippen LogP) is 7.27. The van der Waals surface area contributed by atoms with Gasteiger partial charge in [-0.3, -0.25) is 19.2 Å². The fraction of sp³-hybridized carbons (Fsp3) is 0.480. The van der Waals surface area contributed by atoms with Crippen molar-refractivity contribution in [1.82, 2.24) is 25.8 Å². The van der Waals surface area contributed by atoms with E-state index in [9.17, 15) is 29.5 Å². The van der Waals surface area contributed by atoms with Gasteiger partial charge in [0.1, 0.15) is 36.6 Å². The zero-order valence-electron chi connectivity index (χ0n) is 38.8. The van der Waals surface area contributed by atoms with E-state index < -0.39 is 30.0 Å². The molecule has 2 aliphatic rings. The number of β-amino-alcohol motifs (C(OH)–C–C–N with tert-alkyl or cyclic N) is 1. The van der Waals surface area contributed by atoms with E-state index in [1.54, 1.807) is 41.7 Å². The number of aliphatic hydroxyl groups is 1. The largest absolute Gasteiger partial charge is 0.489 e. The molecule has 352 valence electrons. The Morgan fingerprint density at radius 2 is 1.71 bits per heavy atom. The number of nitrogens with zero attached hydrogens (tertiary/aromatic N) is 3. The van der Waals surface area contributed by atoms with Crippen molar-refractivity contribution < 1.29 is 33.8 Å².